The SMILES string of the molecule is CCC[C@@H]1C(c2ccc(Br)cc2)=C(C=O)[C@H](c2ccc(OC)cc2)[C@H]1[N+](=O)[O-].CCC[C@H]1C(c2ccc(Br)cc2)=C(C=O)[C@@H](c2ccc(OC)cc2)[C@@H]1[N+](=O)[O-]. The number of methoxy groups -OCH3 is 2. The molecule has 0 N–H and O–H groups in total. The van der Waals surface area contributed by atoms with E-state index in [-0.39, 0.29) is 21.7 Å². The Balaban J connectivity index is 0.000000214. The second-order valence-electron chi connectivity index (χ2n) is 13.8. The number of carbonyl (C=O) groups is 2. The monoisotopic (exact) mass is 886 g/mol. The Morgan fingerprint density at radius 2 is 0.893 bits per heavy atom. The maximum Gasteiger partial charge on any atom is 0.230 e. The van der Waals surface area contributed by atoms with Gasteiger partial charge in [0.15, 0.2) is 0 Å². The topological polar surface area (TPSA) is 139 Å². The first-order chi connectivity index (χ1) is 27.0. The molecule has 4 aromatic carbocycles. The van der Waals surface area contributed by atoms with E-state index in [9.17, 15) is 29.8 Å². The van der Waals surface area contributed by atoms with E-state index in [1.54, 1.807) is 38.5 Å². The molecule has 6 rings (SSSR count). The first-order valence-electron chi connectivity index (χ1n) is 18.5. The molecule has 0 aromatic heterocycles. The smallest absolute Gasteiger partial charge is 0.230 e. The van der Waals surface area contributed by atoms with E-state index in [4.69, 9.17) is 9.47 Å². The third-order valence-electron chi connectivity index (χ3n) is 10.7. The maximum atomic E-state index is 12.2. The molecule has 0 saturated carbocycles. The number of rotatable bonds is 14. The van der Waals surface area contributed by atoms with Crippen LogP contribution in [0.3, 0.4) is 0 Å². The predicted molar refractivity (Wildman–Crippen MR) is 224 cm³/mol. The van der Waals surface area contributed by atoms with E-state index in [1.165, 1.54) is 0 Å². The summed E-state index contributed by atoms with van der Waals surface area (Å²) in [5, 5.41) is 24.2. The molecule has 0 fully saturated rings. The van der Waals surface area contributed by atoms with Crippen molar-refractivity contribution >= 4 is 55.6 Å². The van der Waals surface area contributed by atoms with Gasteiger partial charge in [-0.1, -0.05) is 107 Å². The quantitative estimate of drug-likeness (QED) is 0.0693. The number of hydrogen-bond acceptors (Lipinski definition) is 8. The average Bonchev–Trinajstić information content (AvgIpc) is 3.72. The molecule has 0 unspecified atom stereocenters. The molecule has 0 saturated heterocycles. The molecule has 0 heterocycles. The number of carbonyl (C=O) groups excluding carboxylic acids is 2. The van der Waals surface area contributed by atoms with Gasteiger partial charge in [-0.15, -0.1) is 0 Å². The van der Waals surface area contributed by atoms with Gasteiger partial charge in [0.05, 0.1) is 37.9 Å². The first kappa shape index (κ1) is 42.2. The first-order valence-corrected chi connectivity index (χ1v) is 20.1. The Hall–Kier alpha value is -4.94. The van der Waals surface area contributed by atoms with Crippen LogP contribution in [0, 0.1) is 32.1 Å². The number of hydrogen-bond donors (Lipinski definition) is 0. The highest BCUT2D eigenvalue weighted by Gasteiger charge is 2.52. The van der Waals surface area contributed by atoms with Crippen LogP contribution in [-0.2, 0) is 9.59 Å². The fourth-order valence-corrected chi connectivity index (χ4v) is 8.93. The van der Waals surface area contributed by atoms with Gasteiger partial charge in [-0.05, 0) is 94.8 Å². The van der Waals surface area contributed by atoms with E-state index in [0.29, 0.717) is 35.5 Å². The lowest BCUT2D eigenvalue weighted by atomic mass is 9.85. The molecular formula is C44H44Br2N2O8. The van der Waals surface area contributed by atoms with Crippen LogP contribution in [-0.4, -0.2) is 48.7 Å². The predicted octanol–water partition coefficient (Wildman–Crippen LogP) is 10.5. The molecule has 2 aliphatic carbocycles. The summed E-state index contributed by atoms with van der Waals surface area (Å²) in [5.74, 6) is -0.423. The Labute approximate surface area is 343 Å². The summed E-state index contributed by atoms with van der Waals surface area (Å²) in [6, 6.07) is 27.9. The van der Waals surface area contributed by atoms with Crippen LogP contribution >= 0.6 is 31.9 Å². The number of ether oxygens (including phenoxy) is 2. The molecule has 0 spiro atoms. The molecule has 12 heteroatoms. The Bertz CT molecular complexity index is 1930. The van der Waals surface area contributed by atoms with Gasteiger partial charge in [0.2, 0.25) is 12.1 Å². The van der Waals surface area contributed by atoms with Gasteiger partial charge in [-0.25, -0.2) is 0 Å². The Morgan fingerprint density at radius 3 is 1.14 bits per heavy atom. The van der Waals surface area contributed by atoms with Crippen LogP contribution in [0.5, 0.6) is 11.5 Å². The van der Waals surface area contributed by atoms with Crippen molar-refractivity contribution in [3.8, 4) is 11.5 Å². The number of nitro groups is 2. The van der Waals surface area contributed by atoms with Crippen molar-refractivity contribution < 1.29 is 28.9 Å². The van der Waals surface area contributed by atoms with E-state index in [0.717, 1.165) is 67.8 Å². The van der Waals surface area contributed by atoms with Crippen molar-refractivity contribution in [2.75, 3.05) is 14.2 Å². The fraction of sp³-hybridized carbons (Fsp3) is 0.318. The van der Waals surface area contributed by atoms with Gasteiger partial charge in [0.1, 0.15) is 24.1 Å². The molecule has 10 nitrogen and oxygen atoms in total. The van der Waals surface area contributed by atoms with Gasteiger partial charge in [-0.3, -0.25) is 29.8 Å². The number of halogens is 2. The molecule has 292 valence electrons. The van der Waals surface area contributed by atoms with Crippen molar-refractivity contribution in [3.05, 3.63) is 160 Å². The van der Waals surface area contributed by atoms with Gasteiger partial charge < -0.3 is 9.47 Å². The van der Waals surface area contributed by atoms with Crippen LogP contribution in [0.1, 0.15) is 73.6 Å². The third-order valence-corrected chi connectivity index (χ3v) is 11.8. The minimum absolute atomic E-state index is 0.218. The molecule has 0 radical (unpaired) electrons. The zero-order chi connectivity index (χ0) is 40.5. The lowest BCUT2D eigenvalue weighted by molar-refractivity contribution is -0.530. The summed E-state index contributed by atoms with van der Waals surface area (Å²) in [5.41, 5.74) is 5.87. The van der Waals surface area contributed by atoms with Crippen LogP contribution in [0.2, 0.25) is 0 Å². The highest BCUT2D eigenvalue weighted by atomic mass is 79.9. The third kappa shape index (κ3) is 8.86. The van der Waals surface area contributed by atoms with Crippen LogP contribution in [0.25, 0.3) is 11.1 Å². The zero-order valence-electron chi connectivity index (χ0n) is 31.6. The molecular weight excluding hydrogens is 844 g/mol. The zero-order valence-corrected chi connectivity index (χ0v) is 34.8. The van der Waals surface area contributed by atoms with E-state index in [2.05, 4.69) is 31.9 Å². The molecule has 0 amide bonds. The molecule has 6 atom stereocenters. The van der Waals surface area contributed by atoms with E-state index in [1.807, 2.05) is 86.6 Å². The van der Waals surface area contributed by atoms with E-state index < -0.39 is 23.9 Å². The van der Waals surface area contributed by atoms with E-state index >= 15 is 0 Å². The summed E-state index contributed by atoms with van der Waals surface area (Å²) in [4.78, 5) is 48.1. The van der Waals surface area contributed by atoms with Crippen LogP contribution in [0.4, 0.5) is 0 Å². The second-order valence-corrected chi connectivity index (χ2v) is 15.7. The molecule has 0 bridgehead atoms. The minimum Gasteiger partial charge on any atom is -0.497 e. The molecule has 0 aliphatic heterocycles. The fourth-order valence-electron chi connectivity index (χ4n) is 8.40. The maximum absolute atomic E-state index is 12.2. The van der Waals surface area contributed by atoms with Crippen molar-refractivity contribution in [1.29, 1.82) is 0 Å². The highest BCUT2D eigenvalue weighted by molar-refractivity contribution is 9.10. The van der Waals surface area contributed by atoms with Crippen molar-refractivity contribution in [2.45, 2.75) is 63.5 Å². The average molecular weight is 889 g/mol. The normalized spacial score (nSPS) is 21.6. The Morgan fingerprint density at radius 1 is 0.571 bits per heavy atom. The molecule has 2 aliphatic rings. The largest absolute Gasteiger partial charge is 0.497 e. The molecule has 4 aromatic rings. The van der Waals surface area contributed by atoms with Crippen molar-refractivity contribution in [1.82, 2.24) is 0 Å². The lowest BCUT2D eigenvalue weighted by Gasteiger charge is -2.20. The highest BCUT2D eigenvalue weighted by Crippen LogP contribution is 2.51. The van der Waals surface area contributed by atoms with Gasteiger partial charge >= 0.3 is 0 Å². The van der Waals surface area contributed by atoms with Crippen molar-refractivity contribution in [3.63, 3.8) is 0 Å². The summed E-state index contributed by atoms with van der Waals surface area (Å²) in [6.07, 6.45) is 4.52. The second kappa shape index (κ2) is 19.3. The standard InChI is InChI=1S/2C22H22BrNO4/c2*1-3-4-18-20(14-5-9-16(23)10-6-14)19(13-25)21(22(18)24(26)27)15-7-11-17(28-2)12-8-15/h2*5-13,18,21-22H,3-4H2,1-2H3/t2*18-,21+,22+/m10/s1. The lowest BCUT2D eigenvalue weighted by Crippen LogP contribution is -2.31. The van der Waals surface area contributed by atoms with Gasteiger partial charge in [0.25, 0.3) is 0 Å². The van der Waals surface area contributed by atoms with Gasteiger partial charge in [0, 0.05) is 29.9 Å². The summed E-state index contributed by atoms with van der Waals surface area (Å²) in [7, 11) is 3.15. The van der Waals surface area contributed by atoms with Crippen molar-refractivity contribution in [2.24, 2.45) is 11.8 Å². The summed E-state index contributed by atoms with van der Waals surface area (Å²) in [6.45, 7) is 4.02. The van der Waals surface area contributed by atoms with Crippen LogP contribution in [0.15, 0.2) is 117 Å². The van der Waals surface area contributed by atoms with Gasteiger partial charge in [-0.2, -0.15) is 0 Å². The summed E-state index contributed by atoms with van der Waals surface area (Å²) < 4.78 is 12.2. The number of aldehydes is 2. The minimum atomic E-state index is -0.868. The number of nitrogens with zero attached hydrogens (tertiary/aromatic N) is 2. The number of benzene rings is 4. The molecule has 56 heavy (non-hydrogen) atoms. The van der Waals surface area contributed by atoms with Crippen LogP contribution < -0.4 is 9.47 Å². The summed E-state index contributed by atoms with van der Waals surface area (Å²) >= 11 is 6.85. The Kier molecular flexibility index (Phi) is 14.5.